The SMILES string of the molecule is COc1cc(C(=O)N(C)C2CCCCC2)ccc1C. The molecule has 0 aliphatic heterocycles. The topological polar surface area (TPSA) is 29.5 Å². The van der Waals surface area contributed by atoms with Gasteiger partial charge in [0, 0.05) is 18.7 Å². The number of benzene rings is 1. The van der Waals surface area contributed by atoms with Gasteiger partial charge in [0.25, 0.3) is 5.91 Å². The Morgan fingerprint density at radius 2 is 1.95 bits per heavy atom. The average molecular weight is 261 g/mol. The standard InChI is InChI=1S/C16H23NO2/c1-12-9-10-13(11-15(12)19-3)16(18)17(2)14-7-5-4-6-8-14/h9-11,14H,4-8H2,1-3H3. The van der Waals surface area contributed by atoms with Gasteiger partial charge in [0.15, 0.2) is 0 Å². The van der Waals surface area contributed by atoms with Crippen LogP contribution in [-0.4, -0.2) is 31.0 Å². The fourth-order valence-corrected chi connectivity index (χ4v) is 2.79. The highest BCUT2D eigenvalue weighted by Crippen LogP contribution is 2.24. The van der Waals surface area contributed by atoms with Crippen LogP contribution in [0.1, 0.15) is 48.0 Å². The second-order valence-electron chi connectivity index (χ2n) is 5.39. The minimum Gasteiger partial charge on any atom is -0.496 e. The number of nitrogens with zero attached hydrogens (tertiary/aromatic N) is 1. The molecule has 1 fully saturated rings. The number of aryl methyl sites for hydroxylation is 1. The second kappa shape index (κ2) is 6.09. The number of hydrogen-bond donors (Lipinski definition) is 0. The molecule has 0 unspecified atom stereocenters. The zero-order valence-electron chi connectivity index (χ0n) is 12.1. The first-order chi connectivity index (χ1) is 9.13. The Balaban J connectivity index is 2.14. The van der Waals surface area contributed by atoms with Crippen molar-refractivity contribution in [2.75, 3.05) is 14.2 Å². The summed E-state index contributed by atoms with van der Waals surface area (Å²) in [7, 11) is 3.56. The van der Waals surface area contributed by atoms with Crippen molar-refractivity contribution in [1.82, 2.24) is 4.90 Å². The molecule has 3 heteroatoms. The lowest BCUT2D eigenvalue weighted by Gasteiger charge is -2.31. The Morgan fingerprint density at radius 1 is 1.26 bits per heavy atom. The summed E-state index contributed by atoms with van der Waals surface area (Å²) < 4.78 is 5.29. The van der Waals surface area contributed by atoms with E-state index in [1.54, 1.807) is 7.11 Å². The van der Waals surface area contributed by atoms with Gasteiger partial charge < -0.3 is 9.64 Å². The van der Waals surface area contributed by atoms with E-state index >= 15 is 0 Å². The molecular weight excluding hydrogens is 238 g/mol. The molecule has 2 rings (SSSR count). The zero-order chi connectivity index (χ0) is 13.8. The third-order valence-corrected chi connectivity index (χ3v) is 4.10. The summed E-state index contributed by atoms with van der Waals surface area (Å²) in [6.45, 7) is 1.98. The summed E-state index contributed by atoms with van der Waals surface area (Å²) >= 11 is 0. The number of rotatable bonds is 3. The highest BCUT2D eigenvalue weighted by molar-refractivity contribution is 5.94. The van der Waals surface area contributed by atoms with E-state index < -0.39 is 0 Å². The van der Waals surface area contributed by atoms with Crippen molar-refractivity contribution >= 4 is 5.91 Å². The Kier molecular flexibility index (Phi) is 4.46. The van der Waals surface area contributed by atoms with E-state index in [9.17, 15) is 4.79 Å². The van der Waals surface area contributed by atoms with Crippen molar-refractivity contribution in [3.05, 3.63) is 29.3 Å². The highest BCUT2D eigenvalue weighted by Gasteiger charge is 2.23. The lowest BCUT2D eigenvalue weighted by molar-refractivity contribution is 0.0696. The molecule has 1 aromatic rings. The van der Waals surface area contributed by atoms with Crippen LogP contribution in [0.2, 0.25) is 0 Å². The predicted octanol–water partition coefficient (Wildman–Crippen LogP) is 3.41. The summed E-state index contributed by atoms with van der Waals surface area (Å²) in [5.41, 5.74) is 1.77. The molecule has 0 heterocycles. The molecule has 3 nitrogen and oxygen atoms in total. The predicted molar refractivity (Wildman–Crippen MR) is 76.7 cm³/mol. The van der Waals surface area contributed by atoms with Crippen LogP contribution in [0, 0.1) is 6.92 Å². The van der Waals surface area contributed by atoms with Crippen LogP contribution >= 0.6 is 0 Å². The number of ether oxygens (including phenoxy) is 1. The van der Waals surface area contributed by atoms with Crippen LogP contribution in [0.25, 0.3) is 0 Å². The quantitative estimate of drug-likeness (QED) is 0.834. The Bertz CT molecular complexity index is 450. The van der Waals surface area contributed by atoms with Gasteiger partial charge in [-0.2, -0.15) is 0 Å². The molecule has 1 aromatic carbocycles. The number of carbonyl (C=O) groups is 1. The molecule has 104 valence electrons. The first-order valence-electron chi connectivity index (χ1n) is 7.05. The van der Waals surface area contributed by atoms with Crippen molar-refractivity contribution in [3.8, 4) is 5.75 Å². The molecule has 0 spiro atoms. The van der Waals surface area contributed by atoms with E-state index in [1.165, 1.54) is 19.3 Å². The molecule has 1 saturated carbocycles. The van der Waals surface area contributed by atoms with Gasteiger partial charge in [-0.05, 0) is 37.5 Å². The van der Waals surface area contributed by atoms with E-state index in [2.05, 4.69) is 0 Å². The van der Waals surface area contributed by atoms with Crippen LogP contribution in [0.3, 0.4) is 0 Å². The van der Waals surface area contributed by atoms with Gasteiger partial charge in [0.05, 0.1) is 7.11 Å². The third kappa shape index (κ3) is 3.09. The van der Waals surface area contributed by atoms with Gasteiger partial charge in [-0.15, -0.1) is 0 Å². The van der Waals surface area contributed by atoms with Crippen LogP contribution in [-0.2, 0) is 0 Å². The maximum Gasteiger partial charge on any atom is 0.253 e. The van der Waals surface area contributed by atoms with Gasteiger partial charge in [-0.25, -0.2) is 0 Å². The Morgan fingerprint density at radius 3 is 2.58 bits per heavy atom. The van der Waals surface area contributed by atoms with Crippen molar-refractivity contribution in [3.63, 3.8) is 0 Å². The second-order valence-corrected chi connectivity index (χ2v) is 5.39. The van der Waals surface area contributed by atoms with Gasteiger partial charge in [0.1, 0.15) is 5.75 Å². The lowest BCUT2D eigenvalue weighted by atomic mass is 9.94. The minimum absolute atomic E-state index is 0.102. The van der Waals surface area contributed by atoms with Crippen molar-refractivity contribution in [2.45, 2.75) is 45.1 Å². The molecule has 0 radical (unpaired) electrons. The molecule has 19 heavy (non-hydrogen) atoms. The molecule has 1 amide bonds. The van der Waals surface area contributed by atoms with Crippen LogP contribution in [0.15, 0.2) is 18.2 Å². The fourth-order valence-electron chi connectivity index (χ4n) is 2.79. The number of amides is 1. The monoisotopic (exact) mass is 261 g/mol. The average Bonchev–Trinajstić information content (AvgIpc) is 2.47. The fraction of sp³-hybridized carbons (Fsp3) is 0.562. The summed E-state index contributed by atoms with van der Waals surface area (Å²) in [4.78, 5) is 14.4. The van der Waals surface area contributed by atoms with Gasteiger partial charge >= 0.3 is 0 Å². The molecule has 0 N–H and O–H groups in total. The largest absolute Gasteiger partial charge is 0.496 e. The molecule has 0 bridgehead atoms. The summed E-state index contributed by atoms with van der Waals surface area (Å²) in [5, 5.41) is 0. The Hall–Kier alpha value is -1.51. The molecular formula is C16H23NO2. The maximum atomic E-state index is 12.5. The number of methoxy groups -OCH3 is 1. The summed E-state index contributed by atoms with van der Waals surface area (Å²) in [6, 6.07) is 6.07. The maximum absolute atomic E-state index is 12.5. The first-order valence-corrected chi connectivity index (χ1v) is 7.05. The smallest absolute Gasteiger partial charge is 0.253 e. The Labute approximate surface area is 115 Å². The molecule has 1 aliphatic carbocycles. The van der Waals surface area contributed by atoms with Crippen LogP contribution < -0.4 is 4.74 Å². The molecule has 0 saturated heterocycles. The number of carbonyl (C=O) groups excluding carboxylic acids is 1. The first kappa shape index (κ1) is 13.9. The van der Waals surface area contributed by atoms with Gasteiger partial charge in [-0.3, -0.25) is 4.79 Å². The van der Waals surface area contributed by atoms with E-state index in [1.807, 2.05) is 37.1 Å². The number of hydrogen-bond acceptors (Lipinski definition) is 2. The lowest BCUT2D eigenvalue weighted by Crippen LogP contribution is -2.38. The van der Waals surface area contributed by atoms with Gasteiger partial charge in [-0.1, -0.05) is 25.3 Å². The zero-order valence-corrected chi connectivity index (χ0v) is 12.1. The summed E-state index contributed by atoms with van der Waals surface area (Å²) in [5.74, 6) is 0.882. The molecule has 0 aromatic heterocycles. The van der Waals surface area contributed by atoms with E-state index in [0.717, 1.165) is 29.7 Å². The van der Waals surface area contributed by atoms with Crippen LogP contribution in [0.4, 0.5) is 0 Å². The highest BCUT2D eigenvalue weighted by atomic mass is 16.5. The third-order valence-electron chi connectivity index (χ3n) is 4.10. The van der Waals surface area contributed by atoms with Crippen LogP contribution in [0.5, 0.6) is 5.75 Å². The molecule has 0 atom stereocenters. The normalized spacial score (nSPS) is 16.2. The van der Waals surface area contributed by atoms with Crippen molar-refractivity contribution in [2.24, 2.45) is 0 Å². The van der Waals surface area contributed by atoms with Gasteiger partial charge in [0.2, 0.25) is 0 Å². The van der Waals surface area contributed by atoms with Crippen molar-refractivity contribution < 1.29 is 9.53 Å². The van der Waals surface area contributed by atoms with Crippen molar-refractivity contribution in [1.29, 1.82) is 0 Å². The van der Waals surface area contributed by atoms with E-state index in [0.29, 0.717) is 6.04 Å². The van der Waals surface area contributed by atoms with E-state index in [4.69, 9.17) is 4.74 Å². The molecule has 1 aliphatic rings. The summed E-state index contributed by atoms with van der Waals surface area (Å²) in [6.07, 6.45) is 6.03. The minimum atomic E-state index is 0.102. The van der Waals surface area contributed by atoms with E-state index in [-0.39, 0.29) is 5.91 Å².